The van der Waals surface area contributed by atoms with Gasteiger partial charge in [-0.25, -0.2) is 9.97 Å². The molecule has 0 amide bonds. The standard InChI is InChI=1S/C15H13ClN4/c16-10-1-4-12-13(8-10)20(11-2-3-11)15(19-12)9-5-6-18-14(17)7-9/h1,4-8,11H,2-3H2,(H2,17,18). The molecular weight excluding hydrogens is 272 g/mol. The average molecular weight is 285 g/mol. The Morgan fingerprint density at radius 2 is 2.05 bits per heavy atom. The molecule has 1 aromatic carbocycles. The van der Waals surface area contributed by atoms with Crippen LogP contribution in [0.1, 0.15) is 18.9 Å². The molecule has 3 aromatic rings. The summed E-state index contributed by atoms with van der Waals surface area (Å²) in [6.07, 6.45) is 4.09. The zero-order valence-corrected chi connectivity index (χ0v) is 11.5. The zero-order chi connectivity index (χ0) is 13.7. The van der Waals surface area contributed by atoms with Crippen molar-refractivity contribution in [1.82, 2.24) is 14.5 Å². The van der Waals surface area contributed by atoms with Crippen LogP contribution in [0.5, 0.6) is 0 Å². The van der Waals surface area contributed by atoms with Crippen LogP contribution in [0.2, 0.25) is 5.02 Å². The van der Waals surface area contributed by atoms with E-state index in [0.717, 1.165) is 27.4 Å². The van der Waals surface area contributed by atoms with E-state index in [0.29, 0.717) is 11.9 Å². The topological polar surface area (TPSA) is 56.7 Å². The molecule has 2 aromatic heterocycles. The highest BCUT2D eigenvalue weighted by molar-refractivity contribution is 6.31. The van der Waals surface area contributed by atoms with Crippen LogP contribution in [-0.4, -0.2) is 14.5 Å². The summed E-state index contributed by atoms with van der Waals surface area (Å²) in [6.45, 7) is 0. The maximum atomic E-state index is 6.13. The molecule has 0 bridgehead atoms. The first-order chi connectivity index (χ1) is 9.72. The van der Waals surface area contributed by atoms with Gasteiger partial charge in [-0.05, 0) is 43.2 Å². The molecule has 1 aliphatic carbocycles. The Morgan fingerprint density at radius 1 is 1.20 bits per heavy atom. The summed E-state index contributed by atoms with van der Waals surface area (Å²) in [5.41, 5.74) is 8.84. The van der Waals surface area contributed by atoms with Crippen LogP contribution in [-0.2, 0) is 0 Å². The summed E-state index contributed by atoms with van der Waals surface area (Å²) in [7, 11) is 0. The van der Waals surface area contributed by atoms with Gasteiger partial charge >= 0.3 is 0 Å². The first-order valence-corrected chi connectivity index (χ1v) is 6.99. The Balaban J connectivity index is 2.01. The SMILES string of the molecule is Nc1cc(-c2nc3ccc(Cl)cc3n2C2CC2)ccn1. The maximum Gasteiger partial charge on any atom is 0.141 e. The normalized spacial score (nSPS) is 14.8. The van der Waals surface area contributed by atoms with Crippen molar-refractivity contribution in [1.29, 1.82) is 0 Å². The highest BCUT2D eigenvalue weighted by Crippen LogP contribution is 2.41. The third-order valence-electron chi connectivity index (χ3n) is 3.60. The summed E-state index contributed by atoms with van der Waals surface area (Å²) in [5.74, 6) is 1.45. The molecule has 2 heterocycles. The van der Waals surface area contributed by atoms with Crippen molar-refractivity contribution in [2.45, 2.75) is 18.9 Å². The first kappa shape index (κ1) is 11.7. The number of aromatic nitrogens is 3. The number of nitrogens with zero attached hydrogens (tertiary/aromatic N) is 3. The van der Waals surface area contributed by atoms with E-state index in [4.69, 9.17) is 22.3 Å². The minimum Gasteiger partial charge on any atom is -0.384 e. The van der Waals surface area contributed by atoms with Crippen LogP contribution in [0.25, 0.3) is 22.4 Å². The van der Waals surface area contributed by atoms with Gasteiger partial charge in [0.2, 0.25) is 0 Å². The van der Waals surface area contributed by atoms with Crippen LogP contribution in [0.15, 0.2) is 36.5 Å². The molecule has 4 nitrogen and oxygen atoms in total. The smallest absolute Gasteiger partial charge is 0.141 e. The lowest BCUT2D eigenvalue weighted by Crippen LogP contribution is -1.98. The fourth-order valence-electron chi connectivity index (χ4n) is 2.56. The number of nitrogens with two attached hydrogens (primary N) is 1. The van der Waals surface area contributed by atoms with Gasteiger partial charge in [0.05, 0.1) is 11.0 Å². The van der Waals surface area contributed by atoms with Crippen LogP contribution in [0.4, 0.5) is 5.82 Å². The van der Waals surface area contributed by atoms with E-state index in [1.54, 1.807) is 6.20 Å². The second-order valence-corrected chi connectivity index (χ2v) is 5.58. The Morgan fingerprint density at radius 3 is 2.80 bits per heavy atom. The van der Waals surface area contributed by atoms with E-state index in [1.807, 2.05) is 30.3 Å². The van der Waals surface area contributed by atoms with E-state index < -0.39 is 0 Å². The van der Waals surface area contributed by atoms with Crippen LogP contribution >= 0.6 is 11.6 Å². The van der Waals surface area contributed by atoms with Gasteiger partial charge < -0.3 is 10.3 Å². The quantitative estimate of drug-likeness (QED) is 0.781. The maximum absolute atomic E-state index is 6.13. The summed E-state index contributed by atoms with van der Waals surface area (Å²) in [4.78, 5) is 8.79. The molecule has 1 saturated carbocycles. The molecule has 1 fully saturated rings. The van der Waals surface area contributed by atoms with Gasteiger partial charge in [-0.1, -0.05) is 11.6 Å². The van der Waals surface area contributed by atoms with E-state index in [9.17, 15) is 0 Å². The fourth-order valence-corrected chi connectivity index (χ4v) is 2.73. The first-order valence-electron chi connectivity index (χ1n) is 6.62. The van der Waals surface area contributed by atoms with Crippen molar-refractivity contribution < 1.29 is 0 Å². The largest absolute Gasteiger partial charge is 0.384 e. The lowest BCUT2D eigenvalue weighted by atomic mass is 10.2. The lowest BCUT2D eigenvalue weighted by Gasteiger charge is -2.08. The molecule has 0 spiro atoms. The molecule has 5 heteroatoms. The fraction of sp³-hybridized carbons (Fsp3) is 0.200. The second kappa shape index (κ2) is 4.21. The van der Waals surface area contributed by atoms with E-state index >= 15 is 0 Å². The van der Waals surface area contributed by atoms with Crippen molar-refractivity contribution in [3.05, 3.63) is 41.6 Å². The van der Waals surface area contributed by atoms with Gasteiger partial charge in [0.25, 0.3) is 0 Å². The van der Waals surface area contributed by atoms with Gasteiger partial charge in [-0.15, -0.1) is 0 Å². The number of nitrogen functional groups attached to an aromatic ring is 1. The summed E-state index contributed by atoms with van der Waals surface area (Å²) < 4.78 is 2.27. The molecule has 20 heavy (non-hydrogen) atoms. The third kappa shape index (κ3) is 1.84. The number of imidazole rings is 1. The van der Waals surface area contributed by atoms with E-state index in [1.165, 1.54) is 12.8 Å². The van der Waals surface area contributed by atoms with E-state index in [-0.39, 0.29) is 0 Å². The van der Waals surface area contributed by atoms with Gasteiger partial charge in [0, 0.05) is 22.8 Å². The molecule has 4 rings (SSSR count). The third-order valence-corrected chi connectivity index (χ3v) is 3.84. The zero-order valence-electron chi connectivity index (χ0n) is 10.8. The number of rotatable bonds is 2. The van der Waals surface area contributed by atoms with Crippen LogP contribution in [0, 0.1) is 0 Å². The average Bonchev–Trinajstić information content (AvgIpc) is 3.19. The van der Waals surface area contributed by atoms with Crippen molar-refractivity contribution in [3.63, 3.8) is 0 Å². The Kier molecular flexibility index (Phi) is 2.47. The van der Waals surface area contributed by atoms with Gasteiger partial charge in [0.1, 0.15) is 11.6 Å². The lowest BCUT2D eigenvalue weighted by molar-refractivity contribution is 0.775. The highest BCUT2D eigenvalue weighted by Gasteiger charge is 2.28. The Bertz CT molecular complexity index is 805. The minimum absolute atomic E-state index is 0.509. The molecule has 2 N–H and O–H groups in total. The van der Waals surface area contributed by atoms with Crippen LogP contribution in [0.3, 0.4) is 0 Å². The summed E-state index contributed by atoms with van der Waals surface area (Å²) in [6, 6.07) is 10.1. The Labute approximate surface area is 121 Å². The van der Waals surface area contributed by atoms with Gasteiger partial charge in [0.15, 0.2) is 0 Å². The van der Waals surface area contributed by atoms with Gasteiger partial charge in [-0.2, -0.15) is 0 Å². The van der Waals surface area contributed by atoms with Gasteiger partial charge in [-0.3, -0.25) is 0 Å². The molecule has 0 radical (unpaired) electrons. The number of hydrogen-bond donors (Lipinski definition) is 1. The number of pyridine rings is 1. The summed E-state index contributed by atoms with van der Waals surface area (Å²) >= 11 is 6.13. The number of anilines is 1. The van der Waals surface area contributed by atoms with E-state index in [2.05, 4.69) is 9.55 Å². The molecule has 0 saturated heterocycles. The number of benzene rings is 1. The number of hydrogen-bond acceptors (Lipinski definition) is 3. The molecule has 0 atom stereocenters. The van der Waals surface area contributed by atoms with Crippen molar-refractivity contribution in [3.8, 4) is 11.4 Å². The van der Waals surface area contributed by atoms with Crippen LogP contribution < -0.4 is 5.73 Å². The van der Waals surface area contributed by atoms with Crippen molar-refractivity contribution in [2.75, 3.05) is 5.73 Å². The number of fused-ring (bicyclic) bond motifs is 1. The molecule has 100 valence electrons. The monoisotopic (exact) mass is 284 g/mol. The predicted molar refractivity (Wildman–Crippen MR) is 80.7 cm³/mol. The minimum atomic E-state index is 0.509. The molecular formula is C15H13ClN4. The van der Waals surface area contributed by atoms with Crippen molar-refractivity contribution >= 4 is 28.5 Å². The molecule has 1 aliphatic rings. The summed E-state index contributed by atoms with van der Waals surface area (Å²) in [5, 5.41) is 0.736. The van der Waals surface area contributed by atoms with Crippen molar-refractivity contribution in [2.24, 2.45) is 0 Å². The highest BCUT2D eigenvalue weighted by atomic mass is 35.5. The predicted octanol–water partition coefficient (Wildman–Crippen LogP) is 3.67. The second-order valence-electron chi connectivity index (χ2n) is 5.14. The number of halogens is 1. The Hall–Kier alpha value is -2.07. The molecule has 0 unspecified atom stereocenters. The molecule has 0 aliphatic heterocycles.